The van der Waals surface area contributed by atoms with Gasteiger partial charge < -0.3 is 5.32 Å². The van der Waals surface area contributed by atoms with Crippen molar-refractivity contribution >= 4 is 16.7 Å². The number of carbonyl (C=O) groups excluding carboxylic acids is 1. The van der Waals surface area contributed by atoms with Gasteiger partial charge in [0.2, 0.25) is 0 Å². The number of aromatic nitrogens is 3. The predicted molar refractivity (Wildman–Crippen MR) is 96.5 cm³/mol. The average Bonchev–Trinajstić information content (AvgIpc) is 2.62. The molecule has 0 spiro atoms. The van der Waals surface area contributed by atoms with Crippen LogP contribution in [0.25, 0.3) is 10.8 Å². The van der Waals surface area contributed by atoms with Crippen LogP contribution in [0.4, 0.5) is 0 Å². The average molecular weight is 336 g/mol. The van der Waals surface area contributed by atoms with E-state index in [1.54, 1.807) is 36.7 Å². The first kappa shape index (κ1) is 16.8. The molecule has 0 aliphatic heterocycles. The van der Waals surface area contributed by atoms with Crippen molar-refractivity contribution in [2.24, 2.45) is 0 Å². The predicted octanol–water partition coefficient (Wildman–Crippen LogP) is 2.86. The largest absolute Gasteiger partial charge is 0.344 e. The van der Waals surface area contributed by atoms with Crippen LogP contribution in [0.3, 0.4) is 0 Å². The quantitative estimate of drug-likeness (QED) is 0.795. The molecule has 3 rings (SSSR count). The first-order valence-corrected chi connectivity index (χ1v) is 8.21. The van der Waals surface area contributed by atoms with Crippen molar-refractivity contribution in [3.05, 3.63) is 70.4 Å². The normalized spacial score (nSPS) is 12.3. The highest BCUT2D eigenvalue weighted by Gasteiger charge is 2.19. The molecule has 3 aromatic rings. The first-order chi connectivity index (χ1) is 12.0. The molecule has 1 aromatic carbocycles. The smallest absolute Gasteiger partial charge is 0.274 e. The van der Waals surface area contributed by atoms with Crippen LogP contribution < -0.4 is 10.9 Å². The van der Waals surface area contributed by atoms with Crippen LogP contribution in [0.2, 0.25) is 0 Å². The number of pyridine rings is 1. The van der Waals surface area contributed by atoms with E-state index in [2.05, 4.69) is 15.4 Å². The Morgan fingerprint density at radius 2 is 1.80 bits per heavy atom. The van der Waals surface area contributed by atoms with Gasteiger partial charge in [-0.15, -0.1) is 0 Å². The first-order valence-electron chi connectivity index (χ1n) is 8.21. The highest BCUT2D eigenvalue weighted by molar-refractivity contribution is 6.04. The monoisotopic (exact) mass is 336 g/mol. The van der Waals surface area contributed by atoms with E-state index in [4.69, 9.17) is 0 Å². The minimum absolute atomic E-state index is 0.139. The Morgan fingerprint density at radius 1 is 1.08 bits per heavy atom. The van der Waals surface area contributed by atoms with Crippen LogP contribution in [0.1, 0.15) is 48.9 Å². The summed E-state index contributed by atoms with van der Waals surface area (Å²) in [5.41, 5.74) is 0.958. The molecule has 0 aliphatic rings. The Balaban J connectivity index is 2.04. The molecule has 1 unspecified atom stereocenters. The molecule has 6 nitrogen and oxygen atoms in total. The number of hydrogen-bond acceptors (Lipinski definition) is 4. The minimum atomic E-state index is -0.318. The minimum Gasteiger partial charge on any atom is -0.344 e. The molecule has 1 amide bonds. The van der Waals surface area contributed by atoms with E-state index >= 15 is 0 Å². The van der Waals surface area contributed by atoms with Crippen molar-refractivity contribution in [2.45, 2.75) is 32.9 Å². The summed E-state index contributed by atoms with van der Waals surface area (Å²) in [5.74, 6) is -0.318. The number of benzene rings is 1. The van der Waals surface area contributed by atoms with Crippen molar-refractivity contribution in [1.29, 1.82) is 0 Å². The van der Waals surface area contributed by atoms with Crippen molar-refractivity contribution in [3.63, 3.8) is 0 Å². The topological polar surface area (TPSA) is 76.9 Å². The lowest BCUT2D eigenvalue weighted by Crippen LogP contribution is -2.32. The molecular formula is C19H20N4O2. The van der Waals surface area contributed by atoms with Gasteiger partial charge in [0.15, 0.2) is 5.69 Å². The Kier molecular flexibility index (Phi) is 4.61. The lowest BCUT2D eigenvalue weighted by Gasteiger charge is -2.16. The number of carbonyl (C=O) groups is 1. The van der Waals surface area contributed by atoms with E-state index < -0.39 is 0 Å². The highest BCUT2D eigenvalue weighted by Crippen LogP contribution is 2.17. The molecular weight excluding hydrogens is 316 g/mol. The van der Waals surface area contributed by atoms with Crippen LogP contribution in [0.15, 0.2) is 53.6 Å². The van der Waals surface area contributed by atoms with Gasteiger partial charge in [-0.25, -0.2) is 4.68 Å². The molecule has 0 saturated carbocycles. The maximum atomic E-state index is 12.8. The number of fused-ring (bicyclic) bond motifs is 1. The second kappa shape index (κ2) is 6.84. The zero-order valence-electron chi connectivity index (χ0n) is 14.4. The summed E-state index contributed by atoms with van der Waals surface area (Å²) in [5, 5.41) is 8.30. The lowest BCUT2D eigenvalue weighted by molar-refractivity contribution is 0.0934. The number of amides is 1. The van der Waals surface area contributed by atoms with Gasteiger partial charge in [0.05, 0.1) is 17.5 Å². The molecule has 128 valence electrons. The standard InChI is InChI=1S/C19H20N4O2/c1-12(2)23-19(25)16-9-5-4-8-15(16)17(22-23)18(24)21-13(3)14-7-6-10-20-11-14/h4-13H,1-3H3,(H,21,24). The molecule has 6 heteroatoms. The Labute approximate surface area is 145 Å². The van der Waals surface area contributed by atoms with Gasteiger partial charge in [0, 0.05) is 17.8 Å². The fraction of sp³-hybridized carbons (Fsp3) is 0.263. The van der Waals surface area contributed by atoms with E-state index in [1.165, 1.54) is 4.68 Å². The number of hydrogen-bond donors (Lipinski definition) is 1. The van der Waals surface area contributed by atoms with Crippen LogP contribution in [0.5, 0.6) is 0 Å². The molecule has 0 radical (unpaired) electrons. The summed E-state index contributed by atoms with van der Waals surface area (Å²) < 4.78 is 1.35. The van der Waals surface area contributed by atoms with Gasteiger partial charge in [-0.05, 0) is 38.5 Å². The van der Waals surface area contributed by atoms with Gasteiger partial charge in [-0.2, -0.15) is 5.10 Å². The molecule has 2 aromatic heterocycles. The van der Waals surface area contributed by atoms with Crippen LogP contribution in [0, 0.1) is 0 Å². The molecule has 2 heterocycles. The van der Waals surface area contributed by atoms with Crippen molar-refractivity contribution < 1.29 is 4.79 Å². The summed E-state index contributed by atoms with van der Waals surface area (Å²) in [7, 11) is 0. The third-order valence-electron chi connectivity index (χ3n) is 4.06. The van der Waals surface area contributed by atoms with Crippen molar-refractivity contribution in [1.82, 2.24) is 20.1 Å². The van der Waals surface area contributed by atoms with E-state index in [1.807, 2.05) is 32.9 Å². The Bertz CT molecular complexity index is 964. The summed E-state index contributed by atoms with van der Waals surface area (Å²) in [6.07, 6.45) is 3.40. The number of nitrogens with one attached hydrogen (secondary N) is 1. The molecule has 0 saturated heterocycles. The third-order valence-corrected chi connectivity index (χ3v) is 4.06. The van der Waals surface area contributed by atoms with E-state index in [0.29, 0.717) is 10.8 Å². The zero-order valence-corrected chi connectivity index (χ0v) is 14.4. The van der Waals surface area contributed by atoms with Crippen LogP contribution >= 0.6 is 0 Å². The van der Waals surface area contributed by atoms with E-state index in [-0.39, 0.29) is 29.2 Å². The maximum Gasteiger partial charge on any atom is 0.274 e. The van der Waals surface area contributed by atoms with E-state index in [9.17, 15) is 9.59 Å². The van der Waals surface area contributed by atoms with Gasteiger partial charge in [0.25, 0.3) is 11.5 Å². The summed E-state index contributed by atoms with van der Waals surface area (Å²) in [4.78, 5) is 29.4. The van der Waals surface area contributed by atoms with Gasteiger partial charge in [0.1, 0.15) is 0 Å². The maximum absolute atomic E-state index is 12.8. The third kappa shape index (κ3) is 3.28. The lowest BCUT2D eigenvalue weighted by atomic mass is 10.1. The molecule has 0 bridgehead atoms. The Hall–Kier alpha value is -3.02. The second-order valence-corrected chi connectivity index (χ2v) is 6.22. The Morgan fingerprint density at radius 3 is 2.44 bits per heavy atom. The van der Waals surface area contributed by atoms with Crippen LogP contribution in [-0.2, 0) is 0 Å². The van der Waals surface area contributed by atoms with Crippen molar-refractivity contribution in [3.8, 4) is 0 Å². The summed E-state index contributed by atoms with van der Waals surface area (Å²) >= 11 is 0. The zero-order chi connectivity index (χ0) is 18.0. The number of rotatable bonds is 4. The van der Waals surface area contributed by atoms with Gasteiger partial charge in [-0.3, -0.25) is 14.6 Å². The fourth-order valence-electron chi connectivity index (χ4n) is 2.70. The molecule has 1 N–H and O–H groups in total. The molecule has 0 fully saturated rings. The van der Waals surface area contributed by atoms with Crippen molar-refractivity contribution in [2.75, 3.05) is 0 Å². The van der Waals surface area contributed by atoms with Crippen LogP contribution in [-0.4, -0.2) is 20.7 Å². The highest BCUT2D eigenvalue weighted by atomic mass is 16.2. The number of nitrogens with zero attached hydrogens (tertiary/aromatic N) is 3. The molecule has 0 aliphatic carbocycles. The molecule has 1 atom stereocenters. The van der Waals surface area contributed by atoms with E-state index in [0.717, 1.165) is 5.56 Å². The summed E-state index contributed by atoms with van der Waals surface area (Å²) in [6, 6.07) is 10.4. The SMILES string of the molecule is CC(NC(=O)c1nn(C(C)C)c(=O)c2ccccc12)c1cccnc1. The van der Waals surface area contributed by atoms with Gasteiger partial charge in [-0.1, -0.05) is 24.3 Å². The molecule has 25 heavy (non-hydrogen) atoms. The summed E-state index contributed by atoms with van der Waals surface area (Å²) in [6.45, 7) is 5.61. The van der Waals surface area contributed by atoms with Gasteiger partial charge >= 0.3 is 0 Å². The second-order valence-electron chi connectivity index (χ2n) is 6.22. The fourth-order valence-corrected chi connectivity index (χ4v) is 2.70.